The Balaban J connectivity index is 0.00000112. The normalized spacial score (nSPS) is 9.60. The number of aromatic nitrogens is 1. The minimum absolute atomic E-state index is 0. The molecule has 0 atom stereocenters. The van der Waals surface area contributed by atoms with Gasteiger partial charge in [0, 0.05) is 24.2 Å². The molecule has 4 nitrogen and oxygen atoms in total. The van der Waals surface area contributed by atoms with E-state index in [-0.39, 0.29) is 30.3 Å². The summed E-state index contributed by atoms with van der Waals surface area (Å²) in [4.78, 5) is 14.4. The summed E-state index contributed by atoms with van der Waals surface area (Å²) >= 11 is 0. The molecule has 0 aliphatic carbocycles. The Morgan fingerprint density at radius 3 is 2.60 bits per heavy atom. The standard InChI is InChI=1S/C10H7NO3.Li/c12-8-3-1-2-6-4-5-7(10(13)14)11-9(6)8;/h1-5,12H,(H,13,14);. The number of hydrogen-bond acceptors (Lipinski definition) is 3. The second-order valence-corrected chi connectivity index (χ2v) is 2.85. The fraction of sp³-hybridized carbons (Fsp3) is 0. The summed E-state index contributed by atoms with van der Waals surface area (Å²) in [6, 6.07) is 7.93. The monoisotopic (exact) mass is 196 g/mol. The van der Waals surface area contributed by atoms with E-state index in [1.54, 1.807) is 18.2 Å². The number of nitrogens with zero attached hydrogens (tertiary/aromatic N) is 1. The van der Waals surface area contributed by atoms with Crippen LogP contribution in [0.2, 0.25) is 0 Å². The second kappa shape index (κ2) is 4.35. The Morgan fingerprint density at radius 2 is 1.93 bits per heavy atom. The largest absolute Gasteiger partial charge is 0.506 e. The molecule has 2 aromatic rings. The predicted molar refractivity (Wildman–Crippen MR) is 56.1 cm³/mol. The molecular formula is C10H7LiNO3. The molecule has 0 saturated heterocycles. The molecule has 1 radical (unpaired) electrons. The zero-order chi connectivity index (χ0) is 10.1. The number of carboxylic acids is 1. The van der Waals surface area contributed by atoms with E-state index in [2.05, 4.69) is 4.98 Å². The smallest absolute Gasteiger partial charge is 0.354 e. The third kappa shape index (κ3) is 2.12. The number of carbonyl (C=O) groups is 1. The van der Waals surface area contributed by atoms with Crippen LogP contribution < -0.4 is 0 Å². The van der Waals surface area contributed by atoms with Crippen LogP contribution in [0.15, 0.2) is 30.3 Å². The van der Waals surface area contributed by atoms with Crippen molar-refractivity contribution in [1.29, 1.82) is 0 Å². The number of benzene rings is 1. The fourth-order valence-electron chi connectivity index (χ4n) is 1.25. The molecule has 1 heterocycles. The van der Waals surface area contributed by atoms with Crippen molar-refractivity contribution in [2.75, 3.05) is 0 Å². The van der Waals surface area contributed by atoms with Gasteiger partial charge >= 0.3 is 5.97 Å². The number of hydrogen-bond donors (Lipinski definition) is 2. The van der Waals surface area contributed by atoms with E-state index in [9.17, 15) is 9.90 Å². The molecule has 0 unspecified atom stereocenters. The summed E-state index contributed by atoms with van der Waals surface area (Å²) in [7, 11) is 0. The Bertz CT molecular complexity index is 513. The first-order valence-corrected chi connectivity index (χ1v) is 4.00. The Kier molecular flexibility index (Phi) is 3.35. The van der Waals surface area contributed by atoms with E-state index in [0.29, 0.717) is 5.52 Å². The topological polar surface area (TPSA) is 70.4 Å². The molecule has 2 rings (SSSR count). The zero-order valence-corrected chi connectivity index (χ0v) is 8.14. The molecule has 1 aromatic carbocycles. The first-order chi connectivity index (χ1) is 6.68. The van der Waals surface area contributed by atoms with Crippen molar-refractivity contribution < 1.29 is 15.0 Å². The summed E-state index contributed by atoms with van der Waals surface area (Å²) < 4.78 is 0. The van der Waals surface area contributed by atoms with Crippen LogP contribution >= 0.6 is 0 Å². The number of phenolic OH excluding ortho intramolecular Hbond substituents is 1. The van der Waals surface area contributed by atoms with Crippen molar-refractivity contribution in [3.05, 3.63) is 36.0 Å². The van der Waals surface area contributed by atoms with Crippen LogP contribution in [0.25, 0.3) is 10.9 Å². The first kappa shape index (κ1) is 11.6. The van der Waals surface area contributed by atoms with Gasteiger partial charge in [-0.1, -0.05) is 18.2 Å². The number of para-hydroxylation sites is 1. The maximum Gasteiger partial charge on any atom is 0.354 e. The van der Waals surface area contributed by atoms with Crippen molar-refractivity contribution in [3.8, 4) is 5.75 Å². The second-order valence-electron chi connectivity index (χ2n) is 2.85. The molecule has 1 aromatic heterocycles. The van der Waals surface area contributed by atoms with Gasteiger partial charge in [0.2, 0.25) is 0 Å². The fourth-order valence-corrected chi connectivity index (χ4v) is 1.25. The summed E-state index contributed by atoms with van der Waals surface area (Å²) in [5, 5.41) is 18.8. The van der Waals surface area contributed by atoms with Crippen molar-refractivity contribution in [2.45, 2.75) is 0 Å². The molecule has 2 N–H and O–H groups in total. The minimum Gasteiger partial charge on any atom is -0.506 e. The van der Waals surface area contributed by atoms with E-state index in [1.165, 1.54) is 12.1 Å². The van der Waals surface area contributed by atoms with E-state index < -0.39 is 5.97 Å². The average molecular weight is 196 g/mol. The van der Waals surface area contributed by atoms with Crippen LogP contribution in [0.3, 0.4) is 0 Å². The van der Waals surface area contributed by atoms with Gasteiger partial charge in [-0.05, 0) is 12.1 Å². The quantitative estimate of drug-likeness (QED) is 0.673. The maximum absolute atomic E-state index is 10.6. The van der Waals surface area contributed by atoms with E-state index in [1.807, 2.05) is 0 Å². The molecule has 0 spiro atoms. The van der Waals surface area contributed by atoms with Gasteiger partial charge in [-0.3, -0.25) is 0 Å². The van der Waals surface area contributed by atoms with E-state index in [0.717, 1.165) is 5.39 Å². The van der Waals surface area contributed by atoms with Crippen molar-refractivity contribution in [2.24, 2.45) is 0 Å². The third-order valence-electron chi connectivity index (χ3n) is 1.92. The summed E-state index contributed by atoms with van der Waals surface area (Å²) in [5.74, 6) is -1.11. The van der Waals surface area contributed by atoms with Crippen LogP contribution in [0.4, 0.5) is 0 Å². The Labute approximate surface area is 97.7 Å². The Morgan fingerprint density at radius 1 is 1.20 bits per heavy atom. The molecule has 15 heavy (non-hydrogen) atoms. The summed E-state index contributed by atoms with van der Waals surface area (Å²) in [6.07, 6.45) is 0. The molecule has 5 heteroatoms. The third-order valence-corrected chi connectivity index (χ3v) is 1.92. The Hall–Kier alpha value is -1.50. The predicted octanol–water partition coefficient (Wildman–Crippen LogP) is 1.26. The molecule has 0 amide bonds. The van der Waals surface area contributed by atoms with Gasteiger partial charge in [-0.15, -0.1) is 0 Å². The molecule has 0 saturated carbocycles. The summed E-state index contributed by atoms with van der Waals surface area (Å²) in [5.41, 5.74) is 0.242. The van der Waals surface area contributed by atoms with Gasteiger partial charge < -0.3 is 10.2 Å². The molecule has 0 bridgehead atoms. The number of aromatic carboxylic acids is 1. The molecule has 71 valence electrons. The van der Waals surface area contributed by atoms with Gasteiger partial charge in [0.1, 0.15) is 17.0 Å². The van der Waals surface area contributed by atoms with E-state index >= 15 is 0 Å². The average Bonchev–Trinajstić information content (AvgIpc) is 2.18. The van der Waals surface area contributed by atoms with Crippen LogP contribution in [0.1, 0.15) is 10.5 Å². The number of fused-ring (bicyclic) bond motifs is 1. The number of rotatable bonds is 1. The van der Waals surface area contributed by atoms with E-state index in [4.69, 9.17) is 5.11 Å². The number of aromatic hydroxyl groups is 1. The van der Waals surface area contributed by atoms with Gasteiger partial charge in [-0.25, -0.2) is 9.78 Å². The maximum atomic E-state index is 10.6. The number of carboxylic acid groups (broad SMARTS) is 1. The first-order valence-electron chi connectivity index (χ1n) is 4.00. The van der Waals surface area contributed by atoms with Crippen molar-refractivity contribution >= 4 is 35.7 Å². The zero-order valence-electron chi connectivity index (χ0n) is 8.14. The van der Waals surface area contributed by atoms with Crippen LogP contribution in [-0.4, -0.2) is 40.0 Å². The van der Waals surface area contributed by atoms with Gasteiger partial charge in [0.25, 0.3) is 0 Å². The SMILES string of the molecule is O=C(O)c1ccc2cccc(O)c2n1.[Li]. The number of pyridine rings is 1. The molecule has 0 aliphatic heterocycles. The van der Waals surface area contributed by atoms with Crippen LogP contribution in [0, 0.1) is 0 Å². The molecular weight excluding hydrogens is 189 g/mol. The van der Waals surface area contributed by atoms with Crippen LogP contribution in [-0.2, 0) is 0 Å². The molecule has 0 fully saturated rings. The molecule has 0 aliphatic rings. The minimum atomic E-state index is -1.10. The van der Waals surface area contributed by atoms with Gasteiger partial charge in [0.05, 0.1) is 0 Å². The number of phenols is 1. The van der Waals surface area contributed by atoms with Gasteiger partial charge in [0.15, 0.2) is 0 Å². The van der Waals surface area contributed by atoms with Crippen molar-refractivity contribution in [3.63, 3.8) is 0 Å². The van der Waals surface area contributed by atoms with Gasteiger partial charge in [-0.2, -0.15) is 0 Å². The van der Waals surface area contributed by atoms with Crippen LogP contribution in [0.5, 0.6) is 5.75 Å². The van der Waals surface area contributed by atoms with Crippen molar-refractivity contribution in [1.82, 2.24) is 4.98 Å². The summed E-state index contributed by atoms with van der Waals surface area (Å²) in [6.45, 7) is 0.